The number of rotatable bonds is 7. The molecule has 2 aromatic carbocycles. The summed E-state index contributed by atoms with van der Waals surface area (Å²) in [4.78, 5) is 0. The van der Waals surface area contributed by atoms with Crippen LogP contribution in [0.5, 0.6) is 0 Å². The Morgan fingerprint density at radius 3 is 2.47 bits per heavy atom. The van der Waals surface area contributed by atoms with E-state index in [-0.39, 0.29) is 12.6 Å². The maximum absolute atomic E-state index is 13.4. The van der Waals surface area contributed by atoms with Gasteiger partial charge in [0.25, 0.3) is 5.82 Å². The minimum atomic E-state index is -4.63. The minimum Gasteiger partial charge on any atom is -0.355 e. The highest BCUT2D eigenvalue weighted by Gasteiger charge is 2.48. The highest BCUT2D eigenvalue weighted by molar-refractivity contribution is 5.26. The van der Waals surface area contributed by atoms with Crippen molar-refractivity contribution in [2.24, 2.45) is 0 Å². The van der Waals surface area contributed by atoms with Crippen LogP contribution in [0.3, 0.4) is 0 Å². The van der Waals surface area contributed by atoms with E-state index in [9.17, 15) is 13.2 Å². The Bertz CT molecular complexity index is 998. The first-order valence-corrected chi connectivity index (χ1v) is 10.5. The van der Waals surface area contributed by atoms with E-state index in [4.69, 9.17) is 4.74 Å². The summed E-state index contributed by atoms with van der Waals surface area (Å²) in [7, 11) is 0. The second-order valence-corrected chi connectivity index (χ2v) is 7.67. The molecule has 0 spiro atoms. The van der Waals surface area contributed by atoms with Crippen LogP contribution in [0.25, 0.3) is 0 Å². The van der Waals surface area contributed by atoms with Crippen molar-refractivity contribution in [3.63, 3.8) is 0 Å². The number of hydrogen-bond acceptors (Lipinski definition) is 6. The van der Waals surface area contributed by atoms with Crippen molar-refractivity contribution >= 4 is 0 Å². The fourth-order valence-electron chi connectivity index (χ4n) is 4.24. The molecule has 1 unspecified atom stereocenters. The summed E-state index contributed by atoms with van der Waals surface area (Å²) >= 11 is 0. The molecule has 0 aliphatic carbocycles. The summed E-state index contributed by atoms with van der Waals surface area (Å²) in [6, 6.07) is 18.5. The second kappa shape index (κ2) is 9.35. The van der Waals surface area contributed by atoms with Crippen LogP contribution in [0, 0.1) is 0 Å². The predicted molar refractivity (Wildman–Crippen MR) is 111 cm³/mol. The largest absolute Gasteiger partial charge is 0.453 e. The van der Waals surface area contributed by atoms with Crippen molar-refractivity contribution in [3.05, 3.63) is 77.6 Å². The molecular formula is C22H25F3N6O. The maximum atomic E-state index is 13.4. The molecule has 1 fully saturated rings. The number of benzene rings is 2. The Kier molecular flexibility index (Phi) is 6.54. The lowest BCUT2D eigenvalue weighted by Crippen LogP contribution is -2.64. The molecule has 170 valence electrons. The van der Waals surface area contributed by atoms with E-state index in [0.29, 0.717) is 19.6 Å². The van der Waals surface area contributed by atoms with Crippen LogP contribution in [-0.2, 0) is 23.2 Å². The van der Waals surface area contributed by atoms with Crippen LogP contribution in [0.2, 0.25) is 0 Å². The van der Waals surface area contributed by atoms with Gasteiger partial charge in [-0.1, -0.05) is 60.7 Å². The summed E-state index contributed by atoms with van der Waals surface area (Å²) in [6.07, 6.45) is -4.30. The van der Waals surface area contributed by atoms with Crippen LogP contribution in [-0.4, -0.2) is 39.4 Å². The molecular weight excluding hydrogens is 421 g/mol. The molecule has 1 saturated heterocycles. The number of alkyl halides is 3. The second-order valence-electron chi connectivity index (χ2n) is 7.67. The summed E-state index contributed by atoms with van der Waals surface area (Å²) in [5.41, 5.74) is 1.05. The Morgan fingerprint density at radius 2 is 1.81 bits per heavy atom. The minimum absolute atomic E-state index is 0.215. The van der Waals surface area contributed by atoms with Crippen molar-refractivity contribution in [1.29, 1.82) is 0 Å². The number of aromatic nitrogens is 4. The maximum Gasteiger partial charge on any atom is 0.453 e. The molecule has 1 aliphatic heterocycles. The lowest BCUT2D eigenvalue weighted by atomic mass is 9.85. The van der Waals surface area contributed by atoms with Gasteiger partial charge >= 0.3 is 6.18 Å². The topological polar surface area (TPSA) is 76.9 Å². The molecule has 0 radical (unpaired) electrons. The zero-order chi connectivity index (χ0) is 22.6. The lowest BCUT2D eigenvalue weighted by Gasteiger charge is -2.47. The third-order valence-corrected chi connectivity index (χ3v) is 5.66. The van der Waals surface area contributed by atoms with Gasteiger partial charge in [0.2, 0.25) is 0 Å². The fraction of sp³-hybridized carbons (Fsp3) is 0.409. The van der Waals surface area contributed by atoms with E-state index in [1.807, 2.05) is 67.6 Å². The third kappa shape index (κ3) is 4.52. The number of nitrogens with zero attached hydrogens (tertiary/aromatic N) is 4. The van der Waals surface area contributed by atoms with Crippen molar-refractivity contribution in [1.82, 2.24) is 30.8 Å². The van der Waals surface area contributed by atoms with Crippen molar-refractivity contribution < 1.29 is 17.9 Å². The fourth-order valence-corrected chi connectivity index (χ4v) is 4.24. The molecule has 1 aliphatic rings. The standard InChI is InChI=1S/C22H25F3N6O/c1-2-32-21(17-11-7-4-8-12-17)19(26-14-16-9-5-3-6-10-16)13-18(15-27-21)31-20(22(23,24)25)28-29-30-31/h3-12,18-19,26-27H,2,13-15H2,1H3/t18?,19-,21-/m0/s1. The van der Waals surface area contributed by atoms with E-state index >= 15 is 0 Å². The number of piperidine rings is 1. The normalized spacial score (nSPS) is 23.9. The van der Waals surface area contributed by atoms with E-state index < -0.39 is 23.8 Å². The smallest absolute Gasteiger partial charge is 0.355 e. The Balaban J connectivity index is 1.67. The van der Waals surface area contributed by atoms with Gasteiger partial charge in [-0.15, -0.1) is 5.10 Å². The van der Waals surface area contributed by atoms with Gasteiger partial charge in [-0.2, -0.15) is 13.2 Å². The zero-order valence-corrected chi connectivity index (χ0v) is 17.6. The van der Waals surface area contributed by atoms with E-state index in [0.717, 1.165) is 15.8 Å². The van der Waals surface area contributed by atoms with Crippen LogP contribution < -0.4 is 10.6 Å². The first-order chi connectivity index (χ1) is 15.4. The molecule has 2 heterocycles. The lowest BCUT2D eigenvalue weighted by molar-refractivity contribution is -0.151. The number of tetrazole rings is 1. The zero-order valence-electron chi connectivity index (χ0n) is 17.6. The summed E-state index contributed by atoms with van der Waals surface area (Å²) in [5.74, 6) is -1.10. The SMILES string of the molecule is CCO[C@]1(c2ccccc2)NCC(n2nnnc2C(F)(F)F)C[C@@H]1NCc1ccccc1. The third-order valence-electron chi connectivity index (χ3n) is 5.66. The quantitative estimate of drug-likeness (QED) is 0.580. The van der Waals surface area contributed by atoms with Crippen LogP contribution in [0.15, 0.2) is 60.7 Å². The van der Waals surface area contributed by atoms with Gasteiger partial charge in [0, 0.05) is 25.3 Å². The van der Waals surface area contributed by atoms with E-state index in [2.05, 4.69) is 26.2 Å². The van der Waals surface area contributed by atoms with Gasteiger partial charge in [0.05, 0.1) is 12.1 Å². The van der Waals surface area contributed by atoms with E-state index in [1.165, 1.54) is 0 Å². The van der Waals surface area contributed by atoms with Gasteiger partial charge in [-0.05, 0) is 29.3 Å². The average Bonchev–Trinajstić information content (AvgIpc) is 3.30. The van der Waals surface area contributed by atoms with Gasteiger partial charge in [0.15, 0.2) is 5.72 Å². The first-order valence-electron chi connectivity index (χ1n) is 10.5. The van der Waals surface area contributed by atoms with Gasteiger partial charge in [-0.3, -0.25) is 5.32 Å². The Hall–Kier alpha value is -2.82. The summed E-state index contributed by atoms with van der Waals surface area (Å²) < 4.78 is 47.4. The average molecular weight is 446 g/mol. The van der Waals surface area contributed by atoms with Crippen LogP contribution in [0.1, 0.15) is 36.3 Å². The molecule has 10 heteroatoms. The molecule has 2 N–H and O–H groups in total. The number of hydrogen-bond donors (Lipinski definition) is 2. The summed E-state index contributed by atoms with van der Waals surface area (Å²) in [5, 5.41) is 17.0. The molecule has 3 atom stereocenters. The molecule has 1 aromatic heterocycles. The molecule has 0 saturated carbocycles. The van der Waals surface area contributed by atoms with Crippen molar-refractivity contribution in [2.45, 2.75) is 43.9 Å². The Labute approximate surface area is 184 Å². The summed E-state index contributed by atoms with van der Waals surface area (Å²) in [6.45, 7) is 3.07. The number of ether oxygens (including phenoxy) is 1. The molecule has 7 nitrogen and oxygen atoms in total. The molecule has 0 amide bonds. The first kappa shape index (κ1) is 22.4. The molecule has 3 aromatic rings. The Morgan fingerprint density at radius 1 is 1.12 bits per heavy atom. The highest BCUT2D eigenvalue weighted by Crippen LogP contribution is 2.37. The molecule has 0 bridgehead atoms. The van der Waals surface area contributed by atoms with Crippen molar-refractivity contribution in [2.75, 3.05) is 13.2 Å². The van der Waals surface area contributed by atoms with Crippen LogP contribution >= 0.6 is 0 Å². The van der Waals surface area contributed by atoms with Crippen LogP contribution in [0.4, 0.5) is 13.2 Å². The van der Waals surface area contributed by atoms with Crippen molar-refractivity contribution in [3.8, 4) is 0 Å². The van der Waals surface area contributed by atoms with Gasteiger partial charge in [-0.25, -0.2) is 4.68 Å². The monoisotopic (exact) mass is 446 g/mol. The number of halogens is 3. The molecule has 32 heavy (non-hydrogen) atoms. The van der Waals surface area contributed by atoms with E-state index in [1.54, 1.807) is 0 Å². The predicted octanol–water partition coefficient (Wildman–Crippen LogP) is 3.27. The molecule has 4 rings (SSSR count). The highest BCUT2D eigenvalue weighted by atomic mass is 19.4. The van der Waals surface area contributed by atoms with Gasteiger partial charge < -0.3 is 10.1 Å². The number of nitrogens with one attached hydrogen (secondary N) is 2. The van der Waals surface area contributed by atoms with Gasteiger partial charge in [0.1, 0.15) is 0 Å².